The van der Waals surface area contributed by atoms with E-state index in [1.807, 2.05) is 0 Å². The van der Waals surface area contributed by atoms with Crippen molar-refractivity contribution in [2.45, 2.75) is 154 Å². The second kappa shape index (κ2) is 19.6. The molecular weight excluding hydrogens is 776 g/mol. The van der Waals surface area contributed by atoms with Gasteiger partial charge in [-0.1, -0.05) is 0 Å². The molecular formula is C30H52O26. The Labute approximate surface area is 316 Å². The molecule has 26 heteroatoms. The standard InChI is InChI=1S/C30H52O26/c31-1-6-11(36)12(37)18(43)27(49-6)54-23-8(3-33)51-29(20(45)14(23)39)56-25-10(5-35)52-30(21(46)16(25)41)55-24-9(4-34)50-28(19(44)15(24)40)53-22-7(2-32)48-26(47)17(42)13(22)38/h6-47H,1-5H2/t6?,7?,8?,9?,10?,11-,12-,13+,14+,15+,16+,17?,18?,19?,20?,21?,22+,23+,24+,25+,26?,27-,28-,29-,30-/m0/s1. The average molecular weight is 829 g/mol. The normalized spacial score (nSPS) is 53.2. The van der Waals surface area contributed by atoms with E-state index in [1.54, 1.807) is 0 Å². The van der Waals surface area contributed by atoms with Crippen molar-refractivity contribution in [3.8, 4) is 0 Å². The zero-order chi connectivity index (χ0) is 41.3. The highest BCUT2D eigenvalue weighted by molar-refractivity contribution is 4.99. The van der Waals surface area contributed by atoms with E-state index in [-0.39, 0.29) is 0 Å². The second-order valence-corrected chi connectivity index (χ2v) is 13.9. The Bertz CT molecular complexity index is 1200. The molecule has 5 rings (SSSR count). The van der Waals surface area contributed by atoms with Gasteiger partial charge in [-0.2, -0.15) is 0 Å². The molecule has 0 aromatic carbocycles. The first kappa shape index (κ1) is 46.0. The summed E-state index contributed by atoms with van der Waals surface area (Å²) in [5.41, 5.74) is 0. The topological polar surface area (TPSA) is 427 Å². The molecule has 0 bridgehead atoms. The molecule has 0 radical (unpaired) electrons. The molecule has 0 aromatic heterocycles. The number of rotatable bonds is 13. The molecule has 5 saturated heterocycles. The maximum Gasteiger partial charge on any atom is 0.187 e. The van der Waals surface area contributed by atoms with Gasteiger partial charge in [0.1, 0.15) is 122 Å². The van der Waals surface area contributed by atoms with Crippen LogP contribution < -0.4 is 0 Å². The van der Waals surface area contributed by atoms with Crippen molar-refractivity contribution in [2.75, 3.05) is 33.0 Å². The Balaban J connectivity index is 1.22. The van der Waals surface area contributed by atoms with E-state index in [4.69, 9.17) is 42.6 Å². The number of hydrogen-bond acceptors (Lipinski definition) is 26. The molecule has 0 aliphatic carbocycles. The molecule has 56 heavy (non-hydrogen) atoms. The van der Waals surface area contributed by atoms with Crippen molar-refractivity contribution in [3.63, 3.8) is 0 Å². The van der Waals surface area contributed by atoms with Gasteiger partial charge in [0.2, 0.25) is 0 Å². The molecule has 5 fully saturated rings. The van der Waals surface area contributed by atoms with Gasteiger partial charge in [0.15, 0.2) is 31.5 Å². The fourth-order valence-corrected chi connectivity index (χ4v) is 7.03. The average Bonchev–Trinajstić information content (AvgIpc) is 3.19. The minimum absolute atomic E-state index is 0.811. The van der Waals surface area contributed by atoms with Crippen molar-refractivity contribution in [3.05, 3.63) is 0 Å². The van der Waals surface area contributed by atoms with Crippen LogP contribution in [0.15, 0.2) is 0 Å². The lowest BCUT2D eigenvalue weighted by Crippen LogP contribution is -2.68. The third-order valence-electron chi connectivity index (χ3n) is 10.3. The molecule has 26 nitrogen and oxygen atoms in total. The zero-order valence-electron chi connectivity index (χ0n) is 29.2. The molecule has 5 aliphatic rings. The molecule has 328 valence electrons. The van der Waals surface area contributed by atoms with Gasteiger partial charge in [-0.05, 0) is 0 Å². The number of ether oxygens (including phenoxy) is 9. The highest BCUT2D eigenvalue weighted by atomic mass is 16.8. The SMILES string of the molecule is OCC1OC(O)C(O)[C@@H](O)[C@@H]1O[C@@H]1OC(CO)[C@@H](O[C@@H]2OC(CO)[C@@H](O[C@@H]3OC(CO)[C@@H](O[C@@H]4OC(CO)[C@H](O)[C@H](O)C4O)[C@H](O)C3O)[C@H](O)C2O)[C@H](O)C1O. The molecule has 17 N–H and O–H groups in total. The summed E-state index contributed by atoms with van der Waals surface area (Å²) in [5.74, 6) is 0. The van der Waals surface area contributed by atoms with E-state index in [2.05, 4.69) is 0 Å². The third kappa shape index (κ3) is 9.16. The van der Waals surface area contributed by atoms with Crippen LogP contribution in [0, 0.1) is 0 Å². The summed E-state index contributed by atoms with van der Waals surface area (Å²) in [6, 6.07) is 0. The minimum Gasteiger partial charge on any atom is -0.394 e. The predicted molar refractivity (Wildman–Crippen MR) is 167 cm³/mol. The molecule has 5 heterocycles. The fraction of sp³-hybridized carbons (Fsp3) is 1.00. The lowest BCUT2D eigenvalue weighted by Gasteiger charge is -2.49. The van der Waals surface area contributed by atoms with E-state index in [1.165, 1.54) is 0 Å². The van der Waals surface area contributed by atoms with E-state index >= 15 is 0 Å². The van der Waals surface area contributed by atoms with Gasteiger partial charge in [0.25, 0.3) is 0 Å². The molecule has 0 spiro atoms. The van der Waals surface area contributed by atoms with E-state index in [9.17, 15) is 86.8 Å². The van der Waals surface area contributed by atoms with Gasteiger partial charge in [-0.15, -0.1) is 0 Å². The Hall–Kier alpha value is -1.04. The lowest BCUT2D eigenvalue weighted by atomic mass is 9.95. The van der Waals surface area contributed by atoms with E-state index < -0.39 is 187 Å². The lowest BCUT2D eigenvalue weighted by molar-refractivity contribution is -0.392. The maximum absolute atomic E-state index is 11.1. The molecule has 5 aliphatic heterocycles. The van der Waals surface area contributed by atoms with Crippen molar-refractivity contribution in [1.29, 1.82) is 0 Å². The second-order valence-electron chi connectivity index (χ2n) is 13.9. The molecule has 0 amide bonds. The molecule has 0 aromatic rings. The summed E-state index contributed by atoms with van der Waals surface area (Å²) in [6.07, 6.45) is -45.8. The highest BCUT2D eigenvalue weighted by Crippen LogP contribution is 2.35. The Kier molecular flexibility index (Phi) is 16.1. The Morgan fingerprint density at radius 1 is 0.268 bits per heavy atom. The summed E-state index contributed by atoms with van der Waals surface area (Å²) in [7, 11) is 0. The fourth-order valence-electron chi connectivity index (χ4n) is 7.03. The van der Waals surface area contributed by atoms with Crippen LogP contribution in [0.25, 0.3) is 0 Å². The molecule has 25 atom stereocenters. The largest absolute Gasteiger partial charge is 0.394 e. The van der Waals surface area contributed by atoms with Gasteiger partial charge in [0.05, 0.1) is 33.0 Å². The summed E-state index contributed by atoms with van der Waals surface area (Å²) >= 11 is 0. The van der Waals surface area contributed by atoms with Crippen LogP contribution in [0.5, 0.6) is 0 Å². The summed E-state index contributed by atoms with van der Waals surface area (Å²) in [4.78, 5) is 0. The van der Waals surface area contributed by atoms with Crippen LogP contribution in [0.3, 0.4) is 0 Å². The van der Waals surface area contributed by atoms with Crippen molar-refractivity contribution >= 4 is 0 Å². The van der Waals surface area contributed by atoms with Gasteiger partial charge >= 0.3 is 0 Å². The third-order valence-corrected chi connectivity index (χ3v) is 10.3. The van der Waals surface area contributed by atoms with Gasteiger partial charge in [-0.25, -0.2) is 0 Å². The van der Waals surface area contributed by atoms with Crippen LogP contribution in [0.2, 0.25) is 0 Å². The zero-order valence-corrected chi connectivity index (χ0v) is 29.2. The Morgan fingerprint density at radius 3 is 0.821 bits per heavy atom. The number of aliphatic hydroxyl groups excluding tert-OH is 17. The summed E-state index contributed by atoms with van der Waals surface area (Å²) in [5, 5.41) is 176. The number of hydrogen-bond donors (Lipinski definition) is 17. The highest BCUT2D eigenvalue weighted by Gasteiger charge is 2.56. The molecule has 0 saturated carbocycles. The maximum atomic E-state index is 11.1. The Morgan fingerprint density at radius 2 is 0.518 bits per heavy atom. The number of aliphatic hydroxyl groups is 17. The first-order chi connectivity index (χ1) is 26.5. The van der Waals surface area contributed by atoms with Crippen molar-refractivity contribution in [1.82, 2.24) is 0 Å². The first-order valence-corrected chi connectivity index (χ1v) is 17.6. The van der Waals surface area contributed by atoms with Gasteiger partial charge in [-0.3, -0.25) is 0 Å². The van der Waals surface area contributed by atoms with Crippen molar-refractivity contribution in [2.24, 2.45) is 0 Å². The quantitative estimate of drug-likeness (QED) is 0.0819. The van der Waals surface area contributed by atoms with Crippen LogP contribution in [0.1, 0.15) is 0 Å². The predicted octanol–water partition coefficient (Wildman–Crippen LogP) is -11.9. The minimum atomic E-state index is -2.12. The smallest absolute Gasteiger partial charge is 0.187 e. The van der Waals surface area contributed by atoms with Crippen LogP contribution >= 0.6 is 0 Å². The first-order valence-electron chi connectivity index (χ1n) is 17.6. The van der Waals surface area contributed by atoms with Crippen LogP contribution in [-0.2, 0) is 42.6 Å². The van der Waals surface area contributed by atoms with Gasteiger partial charge < -0.3 is 129 Å². The summed E-state index contributed by atoms with van der Waals surface area (Å²) < 4.78 is 49.1. The van der Waals surface area contributed by atoms with E-state index in [0.717, 1.165) is 0 Å². The van der Waals surface area contributed by atoms with Crippen LogP contribution in [-0.4, -0.2) is 273 Å². The van der Waals surface area contributed by atoms with Crippen molar-refractivity contribution < 1.29 is 129 Å². The monoisotopic (exact) mass is 828 g/mol. The van der Waals surface area contributed by atoms with Gasteiger partial charge in [0, 0.05) is 0 Å². The molecule has 11 unspecified atom stereocenters. The van der Waals surface area contributed by atoms with E-state index in [0.29, 0.717) is 0 Å². The van der Waals surface area contributed by atoms with Crippen LogP contribution in [0.4, 0.5) is 0 Å². The summed E-state index contributed by atoms with van der Waals surface area (Å²) in [6.45, 7) is -4.51.